The zero-order chi connectivity index (χ0) is 28.2. The van der Waals surface area contributed by atoms with E-state index in [1.807, 2.05) is 37.6 Å². The van der Waals surface area contributed by atoms with Crippen molar-refractivity contribution in [3.05, 3.63) is 71.6 Å². The average Bonchev–Trinajstić information content (AvgIpc) is 3.28. The maximum Gasteiger partial charge on any atom is 0.416 e. The Bertz CT molecular complexity index is 1460. The Balaban J connectivity index is 1.43. The van der Waals surface area contributed by atoms with Crippen LogP contribution < -0.4 is 10.1 Å². The molecule has 4 rings (SSSR count). The molecule has 0 aliphatic rings. The molecule has 0 aliphatic carbocycles. The fourth-order valence-electron chi connectivity index (χ4n) is 3.78. The van der Waals surface area contributed by atoms with Gasteiger partial charge in [-0.3, -0.25) is 4.79 Å². The molecule has 0 saturated heterocycles. The molecule has 0 saturated carbocycles. The van der Waals surface area contributed by atoms with Gasteiger partial charge in [-0.15, -0.1) is 0 Å². The number of anilines is 2. The summed E-state index contributed by atoms with van der Waals surface area (Å²) in [5, 5.41) is 3.43. The highest BCUT2D eigenvalue weighted by atomic mass is 35.5. The summed E-state index contributed by atoms with van der Waals surface area (Å²) < 4.78 is 52.3. The van der Waals surface area contributed by atoms with Crippen LogP contribution in [0.3, 0.4) is 0 Å². The molecular weight excluding hydrogens is 533 g/mol. The zero-order valence-electron chi connectivity index (χ0n) is 21.7. The first-order valence-electron chi connectivity index (χ1n) is 12.2. The number of ether oxygens (including phenoxy) is 2. The SMILES string of the molecule is CC(C)(C)C(=O)CCOCCn1ccc2ncnc(Nc3ccc(Oc4cccc(C(F)(F)F)c4)c(Cl)c3)c21. The second-order valence-corrected chi connectivity index (χ2v) is 10.3. The Hall–Kier alpha value is -3.63. The van der Waals surface area contributed by atoms with Crippen molar-refractivity contribution in [1.29, 1.82) is 0 Å². The van der Waals surface area contributed by atoms with Gasteiger partial charge in [-0.25, -0.2) is 9.97 Å². The average molecular weight is 561 g/mol. The number of alkyl halides is 3. The third-order valence-electron chi connectivity index (χ3n) is 5.92. The number of nitrogens with zero attached hydrogens (tertiary/aromatic N) is 3. The van der Waals surface area contributed by atoms with Crippen LogP contribution in [-0.2, 0) is 22.3 Å². The van der Waals surface area contributed by atoms with Crippen LogP contribution >= 0.6 is 11.6 Å². The number of carbonyl (C=O) groups excluding carboxylic acids is 1. The summed E-state index contributed by atoms with van der Waals surface area (Å²) in [4.78, 5) is 20.8. The minimum Gasteiger partial charge on any atom is -0.456 e. The van der Waals surface area contributed by atoms with Crippen molar-refractivity contribution in [2.24, 2.45) is 5.41 Å². The van der Waals surface area contributed by atoms with Crippen molar-refractivity contribution in [2.45, 2.75) is 39.9 Å². The molecule has 39 heavy (non-hydrogen) atoms. The standard InChI is InChI=1S/C28H28ClF3N4O3/c1-27(2,3)24(37)10-13-38-14-12-36-11-9-22-25(36)26(34-17-33-22)35-19-7-8-23(21(29)16-19)39-20-6-4-5-18(15-20)28(30,31)32/h4-9,11,15-17H,10,12-14H2,1-3H3,(H,33,34,35). The minimum absolute atomic E-state index is 0.0211. The van der Waals surface area contributed by atoms with Crippen LogP contribution in [0.25, 0.3) is 11.0 Å². The molecule has 0 atom stereocenters. The molecule has 11 heteroatoms. The predicted molar refractivity (Wildman–Crippen MR) is 144 cm³/mol. The summed E-state index contributed by atoms with van der Waals surface area (Å²) in [7, 11) is 0. The van der Waals surface area contributed by atoms with Gasteiger partial charge in [0.2, 0.25) is 0 Å². The Kier molecular flexibility index (Phi) is 8.46. The smallest absolute Gasteiger partial charge is 0.416 e. The number of benzene rings is 2. The largest absolute Gasteiger partial charge is 0.456 e. The first kappa shape index (κ1) is 28.4. The van der Waals surface area contributed by atoms with Crippen LogP contribution in [-0.4, -0.2) is 33.5 Å². The number of Topliss-reactive ketones (excluding diaryl/α,β-unsaturated/α-hetero) is 1. The topological polar surface area (TPSA) is 78.3 Å². The number of carbonyl (C=O) groups is 1. The fourth-order valence-corrected chi connectivity index (χ4v) is 4.00. The Morgan fingerprint density at radius 2 is 1.85 bits per heavy atom. The highest BCUT2D eigenvalue weighted by molar-refractivity contribution is 6.32. The summed E-state index contributed by atoms with van der Waals surface area (Å²) in [5.41, 5.74) is 0.886. The van der Waals surface area contributed by atoms with E-state index in [9.17, 15) is 18.0 Å². The first-order valence-corrected chi connectivity index (χ1v) is 12.6. The maximum atomic E-state index is 13.0. The van der Waals surface area contributed by atoms with E-state index in [0.717, 1.165) is 23.2 Å². The third kappa shape index (κ3) is 7.27. The maximum absolute atomic E-state index is 13.0. The quantitative estimate of drug-likeness (QED) is 0.201. The van der Waals surface area contributed by atoms with Crippen molar-refractivity contribution in [3.8, 4) is 11.5 Å². The molecule has 0 amide bonds. The Labute approximate surface area is 228 Å². The zero-order valence-corrected chi connectivity index (χ0v) is 22.4. The van der Waals surface area contributed by atoms with Gasteiger partial charge in [0.05, 0.1) is 29.3 Å². The van der Waals surface area contributed by atoms with Crippen LogP contribution in [0.4, 0.5) is 24.7 Å². The summed E-state index contributed by atoms with van der Waals surface area (Å²) >= 11 is 6.39. The van der Waals surface area contributed by atoms with E-state index in [1.54, 1.807) is 18.2 Å². The molecule has 4 aromatic rings. The number of nitrogens with one attached hydrogen (secondary N) is 1. The number of halogens is 4. The van der Waals surface area contributed by atoms with Crippen molar-refractivity contribution in [3.63, 3.8) is 0 Å². The first-order chi connectivity index (χ1) is 18.4. The molecule has 2 heterocycles. The van der Waals surface area contributed by atoms with E-state index in [0.29, 0.717) is 37.7 Å². The van der Waals surface area contributed by atoms with Gasteiger partial charge in [0.15, 0.2) is 5.82 Å². The predicted octanol–water partition coefficient (Wildman–Crippen LogP) is 7.66. The molecular formula is C28H28ClF3N4O3. The van der Waals surface area contributed by atoms with Gasteiger partial charge in [-0.2, -0.15) is 13.2 Å². The minimum atomic E-state index is -4.48. The molecule has 2 aromatic heterocycles. The van der Waals surface area contributed by atoms with E-state index in [1.165, 1.54) is 18.5 Å². The van der Waals surface area contributed by atoms with Crippen LogP contribution in [0.1, 0.15) is 32.8 Å². The van der Waals surface area contributed by atoms with Crippen molar-refractivity contribution >= 4 is 39.9 Å². The van der Waals surface area contributed by atoms with Gasteiger partial charge in [0, 0.05) is 30.3 Å². The fraction of sp³-hybridized carbons (Fsp3) is 0.321. The molecule has 7 nitrogen and oxygen atoms in total. The third-order valence-corrected chi connectivity index (χ3v) is 6.22. The van der Waals surface area contributed by atoms with Crippen LogP contribution in [0.15, 0.2) is 61.1 Å². The van der Waals surface area contributed by atoms with Crippen molar-refractivity contribution in [2.75, 3.05) is 18.5 Å². The van der Waals surface area contributed by atoms with E-state index >= 15 is 0 Å². The number of hydrogen-bond acceptors (Lipinski definition) is 6. The Morgan fingerprint density at radius 3 is 2.56 bits per heavy atom. The molecule has 0 radical (unpaired) electrons. The molecule has 206 valence electrons. The summed E-state index contributed by atoms with van der Waals surface area (Å²) in [6.45, 7) is 6.95. The van der Waals surface area contributed by atoms with Gasteiger partial charge in [-0.05, 0) is 42.5 Å². The number of aromatic nitrogens is 3. The van der Waals surface area contributed by atoms with Crippen LogP contribution in [0.5, 0.6) is 11.5 Å². The molecule has 0 unspecified atom stereocenters. The van der Waals surface area contributed by atoms with Gasteiger partial charge in [0.25, 0.3) is 0 Å². The highest BCUT2D eigenvalue weighted by Gasteiger charge is 2.30. The lowest BCUT2D eigenvalue weighted by molar-refractivity contribution is -0.137. The molecule has 0 bridgehead atoms. The molecule has 0 fully saturated rings. The van der Waals surface area contributed by atoms with E-state index in [-0.39, 0.29) is 27.7 Å². The second-order valence-electron chi connectivity index (χ2n) is 9.90. The van der Waals surface area contributed by atoms with Gasteiger partial charge < -0.3 is 19.4 Å². The summed E-state index contributed by atoms with van der Waals surface area (Å²) in [5.74, 6) is 0.918. The molecule has 0 spiro atoms. The normalized spacial score (nSPS) is 12.1. The van der Waals surface area contributed by atoms with Crippen molar-refractivity contribution in [1.82, 2.24) is 14.5 Å². The molecule has 2 aromatic carbocycles. The highest BCUT2D eigenvalue weighted by Crippen LogP contribution is 2.36. The Morgan fingerprint density at radius 1 is 1.05 bits per heavy atom. The number of rotatable bonds is 10. The monoisotopic (exact) mass is 560 g/mol. The molecule has 1 N–H and O–H groups in total. The summed E-state index contributed by atoms with van der Waals surface area (Å²) in [6, 6.07) is 11.3. The lowest BCUT2D eigenvalue weighted by Gasteiger charge is -2.16. The van der Waals surface area contributed by atoms with E-state index in [2.05, 4.69) is 15.3 Å². The van der Waals surface area contributed by atoms with Crippen molar-refractivity contribution < 1.29 is 27.4 Å². The van der Waals surface area contributed by atoms with Gasteiger partial charge in [0.1, 0.15) is 29.1 Å². The van der Waals surface area contributed by atoms with Gasteiger partial charge in [-0.1, -0.05) is 38.4 Å². The van der Waals surface area contributed by atoms with Gasteiger partial charge >= 0.3 is 6.18 Å². The molecule has 0 aliphatic heterocycles. The van der Waals surface area contributed by atoms with Crippen LogP contribution in [0.2, 0.25) is 5.02 Å². The van der Waals surface area contributed by atoms with Crippen LogP contribution in [0, 0.1) is 5.41 Å². The number of ketones is 1. The second kappa shape index (κ2) is 11.6. The lowest BCUT2D eigenvalue weighted by Crippen LogP contribution is -2.21. The lowest BCUT2D eigenvalue weighted by atomic mass is 9.89. The summed E-state index contributed by atoms with van der Waals surface area (Å²) in [6.07, 6.45) is -0.793. The van der Waals surface area contributed by atoms with E-state index in [4.69, 9.17) is 21.1 Å². The number of hydrogen-bond donors (Lipinski definition) is 1. The number of fused-ring (bicyclic) bond motifs is 1. The van der Waals surface area contributed by atoms with E-state index < -0.39 is 11.7 Å².